The average Bonchev–Trinajstić information content (AvgIpc) is 3.87. The molecule has 10 rings (SSSR count). The maximum Gasteiger partial charge on any atom is 0.266 e. The van der Waals surface area contributed by atoms with Gasteiger partial charge in [-0.25, -0.2) is 12.7 Å². The number of hydrogen-bond donors (Lipinski definition) is 0. The lowest BCUT2D eigenvalue weighted by molar-refractivity contribution is -0.142. The third-order valence-corrected chi connectivity index (χ3v) is 16.1. The largest absolute Gasteiger partial charge is 0.497 e. The summed E-state index contributed by atoms with van der Waals surface area (Å²) in [7, 11) is 3.39. The number of likely N-dealkylation sites (N-methyl/N-ethyl adjacent to an activating group) is 1. The first-order valence-electron chi connectivity index (χ1n) is 18.1. The van der Waals surface area contributed by atoms with Gasteiger partial charge in [0, 0.05) is 38.5 Å². The zero-order chi connectivity index (χ0) is 38.8. The number of amides is 2. The molecule has 6 heterocycles. The van der Waals surface area contributed by atoms with Crippen LogP contribution >= 0.6 is 21.6 Å². The number of para-hydroxylation sites is 1. The van der Waals surface area contributed by atoms with E-state index in [0.717, 1.165) is 28.1 Å². The number of sulfonamides is 1. The molecule has 288 valence electrons. The third kappa shape index (κ3) is 5.55. The van der Waals surface area contributed by atoms with Crippen LogP contribution in [0.1, 0.15) is 24.0 Å². The van der Waals surface area contributed by atoms with E-state index in [2.05, 4.69) is 10.3 Å². The maximum absolute atomic E-state index is 15.1. The number of methoxy groups -OCH3 is 2. The zero-order valence-corrected chi connectivity index (χ0v) is 33.2. The van der Waals surface area contributed by atoms with Gasteiger partial charge < -0.3 is 19.1 Å². The number of nitrogens with zero attached hydrogens (tertiary/aromatic N) is 6. The lowest BCUT2D eigenvalue weighted by atomic mass is 9.72. The Morgan fingerprint density at radius 2 is 1.55 bits per heavy atom. The van der Waals surface area contributed by atoms with Crippen molar-refractivity contribution in [1.29, 1.82) is 0 Å². The van der Waals surface area contributed by atoms with Gasteiger partial charge in [0.2, 0.25) is 5.91 Å². The standard InChI is InChI=1S/C40H38N6O7S3/c1-43-24-35-36(47)45-37-39(25-40(45,38(43)48)55-54-35,27-11-15-29(52-3)16-12-27)32-7-4-5-8-34(32)46(37)56(49,50)31-19-17-30(18-20-31)53-22-6-21-44-23-33(41-42-44)26-9-13-28(51-2)14-10-26/h4-5,7-20,23,35,37H,6,21-22,24-25H2,1-3H3/t35-,37-,39-,40+/m0/s1. The highest BCUT2D eigenvalue weighted by molar-refractivity contribution is 8.77. The summed E-state index contributed by atoms with van der Waals surface area (Å²) in [5.41, 5.74) is 2.62. The first kappa shape index (κ1) is 36.4. The van der Waals surface area contributed by atoms with Crippen molar-refractivity contribution in [1.82, 2.24) is 24.8 Å². The number of benzene rings is 4. The van der Waals surface area contributed by atoms with Crippen LogP contribution in [-0.2, 0) is 31.6 Å². The molecule has 2 bridgehead atoms. The van der Waals surface area contributed by atoms with Gasteiger partial charge in [-0.2, -0.15) is 0 Å². The number of rotatable bonds is 11. The third-order valence-electron chi connectivity index (χ3n) is 11.1. The van der Waals surface area contributed by atoms with Crippen LogP contribution in [-0.4, -0.2) is 95.7 Å². The molecule has 0 saturated carbocycles. The van der Waals surface area contributed by atoms with Crippen LogP contribution in [0.25, 0.3) is 11.3 Å². The molecule has 4 atom stereocenters. The Bertz CT molecular complexity index is 2430. The Kier molecular flexibility index (Phi) is 8.97. The molecule has 56 heavy (non-hydrogen) atoms. The van der Waals surface area contributed by atoms with Crippen molar-refractivity contribution >= 4 is 49.1 Å². The van der Waals surface area contributed by atoms with Gasteiger partial charge >= 0.3 is 0 Å². The van der Waals surface area contributed by atoms with Gasteiger partial charge in [0.25, 0.3) is 15.9 Å². The van der Waals surface area contributed by atoms with Crippen LogP contribution in [0.5, 0.6) is 17.2 Å². The molecule has 5 aromatic rings. The maximum atomic E-state index is 15.1. The van der Waals surface area contributed by atoms with Crippen molar-refractivity contribution in [2.24, 2.45) is 0 Å². The molecule has 13 nitrogen and oxygen atoms in total. The van der Waals surface area contributed by atoms with E-state index >= 15 is 8.42 Å². The van der Waals surface area contributed by atoms with Crippen LogP contribution < -0.4 is 18.5 Å². The number of ether oxygens (including phenoxy) is 3. The lowest BCUT2D eigenvalue weighted by Gasteiger charge is -2.44. The van der Waals surface area contributed by atoms with Crippen LogP contribution in [0.4, 0.5) is 5.69 Å². The van der Waals surface area contributed by atoms with Crippen molar-refractivity contribution < 1.29 is 32.2 Å². The predicted molar refractivity (Wildman–Crippen MR) is 213 cm³/mol. The van der Waals surface area contributed by atoms with E-state index in [-0.39, 0.29) is 29.7 Å². The number of carbonyl (C=O) groups is 2. The highest BCUT2D eigenvalue weighted by Crippen LogP contribution is 2.68. The van der Waals surface area contributed by atoms with Crippen molar-refractivity contribution in [3.8, 4) is 28.5 Å². The van der Waals surface area contributed by atoms with Gasteiger partial charge in [0.05, 0.1) is 43.0 Å². The summed E-state index contributed by atoms with van der Waals surface area (Å²) in [5.74, 6) is 1.47. The Hall–Kier alpha value is -5.19. The first-order valence-corrected chi connectivity index (χ1v) is 21.8. The Morgan fingerprint density at radius 1 is 0.875 bits per heavy atom. The highest BCUT2D eigenvalue weighted by atomic mass is 33.1. The molecule has 1 spiro atoms. The molecule has 1 aromatic heterocycles. The lowest BCUT2D eigenvalue weighted by Crippen LogP contribution is -2.62. The second-order valence-electron chi connectivity index (χ2n) is 14.2. The predicted octanol–water partition coefficient (Wildman–Crippen LogP) is 5.42. The second-order valence-corrected chi connectivity index (χ2v) is 18.7. The van der Waals surface area contributed by atoms with Crippen LogP contribution in [0.2, 0.25) is 0 Å². The Labute approximate surface area is 332 Å². The van der Waals surface area contributed by atoms with E-state index in [1.54, 1.807) is 60.0 Å². The highest BCUT2D eigenvalue weighted by Gasteiger charge is 2.75. The van der Waals surface area contributed by atoms with Crippen molar-refractivity contribution in [2.45, 2.75) is 46.0 Å². The normalized spacial score (nSPS) is 23.8. The van der Waals surface area contributed by atoms with Crippen molar-refractivity contribution in [3.05, 3.63) is 114 Å². The topological polar surface area (TPSA) is 136 Å². The van der Waals surface area contributed by atoms with Crippen LogP contribution in [0.3, 0.4) is 0 Å². The number of hydrogen-bond acceptors (Lipinski definition) is 11. The minimum absolute atomic E-state index is 0.0395. The molecule has 0 radical (unpaired) electrons. The molecule has 5 aliphatic rings. The van der Waals surface area contributed by atoms with Crippen LogP contribution in [0.15, 0.2) is 108 Å². The fraction of sp³-hybridized carbons (Fsp3) is 0.300. The summed E-state index contributed by atoms with van der Waals surface area (Å²) in [5, 5.41) is 7.97. The number of fused-ring (bicyclic) bond motifs is 6. The fourth-order valence-corrected chi connectivity index (χ4v) is 13.5. The van der Waals surface area contributed by atoms with Gasteiger partial charge in [-0.15, -0.1) is 5.10 Å². The molecule has 16 heteroatoms. The van der Waals surface area contributed by atoms with Gasteiger partial charge in [0.15, 0.2) is 4.87 Å². The molecular formula is C40H38N6O7S3. The first-order chi connectivity index (χ1) is 27.1. The molecule has 5 aliphatic heterocycles. The van der Waals surface area contributed by atoms with Gasteiger partial charge in [0.1, 0.15) is 34.4 Å². The Balaban J connectivity index is 1.00. The Morgan fingerprint density at radius 3 is 2.27 bits per heavy atom. The number of aryl methyl sites for hydroxylation is 1. The molecule has 0 N–H and O–H groups in total. The van der Waals surface area contributed by atoms with Gasteiger partial charge in [-0.3, -0.25) is 19.2 Å². The monoisotopic (exact) mass is 810 g/mol. The quantitative estimate of drug-likeness (QED) is 0.125. The number of aromatic nitrogens is 3. The zero-order valence-electron chi connectivity index (χ0n) is 30.8. The van der Waals surface area contributed by atoms with E-state index < -0.39 is 31.7 Å². The number of anilines is 1. The summed E-state index contributed by atoms with van der Waals surface area (Å²) < 4.78 is 50.1. The van der Waals surface area contributed by atoms with Crippen LogP contribution in [0, 0.1) is 0 Å². The average molecular weight is 811 g/mol. The molecule has 4 aromatic carbocycles. The molecule has 2 amide bonds. The molecule has 4 saturated heterocycles. The van der Waals surface area contributed by atoms with E-state index in [4.69, 9.17) is 14.2 Å². The second kappa shape index (κ2) is 13.8. The SMILES string of the molecule is COc1ccc(-c2cn(CCCOc3ccc(S(=O)(=O)N4c5ccccc5[C@@]5(c6ccc(OC)cc6)C[C@@]67SS[C@@H](CN(C)C6=O)C(=O)N7[C@@H]45)cc3)nn2)cc1. The fourth-order valence-electron chi connectivity index (χ4n) is 8.44. The summed E-state index contributed by atoms with van der Waals surface area (Å²) in [6, 6.07) is 28.8. The summed E-state index contributed by atoms with van der Waals surface area (Å²) in [4.78, 5) is 30.9. The molecule has 4 fully saturated rings. The van der Waals surface area contributed by atoms with E-state index in [1.165, 1.54) is 38.0 Å². The summed E-state index contributed by atoms with van der Waals surface area (Å²) in [6.45, 7) is 1.20. The minimum Gasteiger partial charge on any atom is -0.497 e. The van der Waals surface area contributed by atoms with Gasteiger partial charge in [-0.05, 0) is 77.9 Å². The van der Waals surface area contributed by atoms with E-state index in [0.29, 0.717) is 36.8 Å². The van der Waals surface area contributed by atoms with Crippen molar-refractivity contribution in [2.75, 3.05) is 38.7 Å². The van der Waals surface area contributed by atoms with E-state index in [9.17, 15) is 9.59 Å². The summed E-state index contributed by atoms with van der Waals surface area (Å²) >= 11 is 0. The van der Waals surface area contributed by atoms with Crippen molar-refractivity contribution in [3.63, 3.8) is 0 Å². The number of carbonyl (C=O) groups excluding carboxylic acids is 2. The summed E-state index contributed by atoms with van der Waals surface area (Å²) in [6.07, 6.45) is 1.67. The molecule has 0 aliphatic carbocycles. The van der Waals surface area contributed by atoms with Gasteiger partial charge in [-0.1, -0.05) is 57.1 Å². The molecule has 0 unspecified atom stereocenters. The minimum atomic E-state index is -4.31. The molecular weight excluding hydrogens is 773 g/mol. The smallest absolute Gasteiger partial charge is 0.266 e. The van der Waals surface area contributed by atoms with E-state index in [1.807, 2.05) is 66.9 Å².